The van der Waals surface area contributed by atoms with Gasteiger partial charge in [-0.25, -0.2) is 0 Å². The van der Waals surface area contributed by atoms with Crippen molar-refractivity contribution in [2.24, 2.45) is 17.8 Å². The van der Waals surface area contributed by atoms with Gasteiger partial charge in [-0.1, -0.05) is 53.2 Å². The van der Waals surface area contributed by atoms with Gasteiger partial charge in [0.25, 0.3) is 0 Å². The van der Waals surface area contributed by atoms with Gasteiger partial charge < -0.3 is 35.2 Å². The van der Waals surface area contributed by atoms with Gasteiger partial charge in [-0.3, -0.25) is 24.1 Å². The molecule has 1 aromatic carbocycles. The standard InChI is InChI=1S/C39H66N6O6/c1-11-26(4)35(44(8)39(49)34(25(2)3)41-37(47)31-18-13-20-42(31)6)32(50-9)24-33(46)45-21-14-17-30(45)36(51-10)27(5)38(48)43(7)22-19-28-15-12-16-29(40)23-28/h12,15-16,23,25-27,30-32,34-36H,11,13-14,17-22,24,40H2,1-10H3,(H,41,47)/t26-,27+,30-,31+,32+,34-,35-,36+/m0/s1. The Morgan fingerprint density at radius 2 is 1.69 bits per heavy atom. The van der Waals surface area contributed by atoms with E-state index >= 15 is 0 Å². The van der Waals surface area contributed by atoms with Crippen LogP contribution in [0.2, 0.25) is 0 Å². The van der Waals surface area contributed by atoms with E-state index in [4.69, 9.17) is 15.2 Å². The minimum atomic E-state index is -0.704. The molecule has 8 atom stereocenters. The second kappa shape index (κ2) is 19.6. The van der Waals surface area contributed by atoms with Gasteiger partial charge in [0.05, 0.1) is 42.7 Å². The monoisotopic (exact) mass is 715 g/mol. The van der Waals surface area contributed by atoms with Crippen molar-refractivity contribution in [2.75, 3.05) is 60.7 Å². The van der Waals surface area contributed by atoms with E-state index in [1.807, 2.05) is 61.9 Å². The molecule has 12 nitrogen and oxygen atoms in total. The number of anilines is 1. The Bertz CT molecular complexity index is 1310. The van der Waals surface area contributed by atoms with Crippen molar-refractivity contribution in [1.29, 1.82) is 0 Å². The van der Waals surface area contributed by atoms with Gasteiger partial charge >= 0.3 is 0 Å². The van der Waals surface area contributed by atoms with Crippen molar-refractivity contribution >= 4 is 29.3 Å². The number of likely N-dealkylation sites (N-methyl/N-ethyl adjacent to an activating group) is 3. The van der Waals surface area contributed by atoms with E-state index in [2.05, 4.69) is 19.2 Å². The number of nitrogen functional groups attached to an aromatic ring is 1. The summed E-state index contributed by atoms with van der Waals surface area (Å²) in [6, 6.07) is 6.06. The molecule has 51 heavy (non-hydrogen) atoms. The van der Waals surface area contributed by atoms with Crippen LogP contribution < -0.4 is 11.1 Å². The molecular weight excluding hydrogens is 648 g/mol. The molecule has 2 aliphatic heterocycles. The number of likely N-dealkylation sites (tertiary alicyclic amines) is 2. The number of nitrogens with two attached hydrogens (primary N) is 1. The fraction of sp³-hybridized carbons (Fsp3) is 0.744. The molecular formula is C39H66N6O6. The molecule has 3 rings (SSSR count). The normalized spacial score (nSPS) is 21.5. The van der Waals surface area contributed by atoms with Crippen LogP contribution in [-0.4, -0.2) is 135 Å². The average Bonchev–Trinajstić information content (AvgIpc) is 3.77. The van der Waals surface area contributed by atoms with Gasteiger partial charge in [0.2, 0.25) is 23.6 Å². The van der Waals surface area contributed by atoms with Crippen LogP contribution >= 0.6 is 0 Å². The van der Waals surface area contributed by atoms with Crippen molar-refractivity contribution in [1.82, 2.24) is 24.9 Å². The molecule has 0 saturated carbocycles. The molecule has 4 amide bonds. The van der Waals surface area contributed by atoms with Gasteiger partial charge in [0.15, 0.2) is 0 Å². The van der Waals surface area contributed by atoms with Crippen LogP contribution in [0.1, 0.15) is 78.7 Å². The Balaban J connectivity index is 1.73. The third kappa shape index (κ3) is 10.7. The Morgan fingerprint density at radius 3 is 2.25 bits per heavy atom. The highest BCUT2D eigenvalue weighted by molar-refractivity contribution is 5.90. The summed E-state index contributed by atoms with van der Waals surface area (Å²) in [5.41, 5.74) is 7.70. The fourth-order valence-electron chi connectivity index (χ4n) is 8.02. The third-order valence-electron chi connectivity index (χ3n) is 11.4. The number of nitrogens with zero attached hydrogens (tertiary/aromatic N) is 4. The first-order valence-corrected chi connectivity index (χ1v) is 18.9. The van der Waals surface area contributed by atoms with Crippen molar-refractivity contribution in [3.05, 3.63) is 29.8 Å². The number of amides is 4. The number of hydrogen-bond acceptors (Lipinski definition) is 8. The number of ether oxygens (including phenoxy) is 2. The topological polar surface area (TPSA) is 138 Å². The lowest BCUT2D eigenvalue weighted by atomic mass is 9.89. The van der Waals surface area contributed by atoms with Gasteiger partial charge in [0.1, 0.15) is 6.04 Å². The molecule has 3 N–H and O–H groups in total. The highest BCUT2D eigenvalue weighted by Gasteiger charge is 2.43. The van der Waals surface area contributed by atoms with E-state index in [0.29, 0.717) is 25.2 Å². The lowest BCUT2D eigenvalue weighted by molar-refractivity contribution is -0.149. The van der Waals surface area contributed by atoms with Crippen molar-refractivity contribution in [2.45, 2.75) is 116 Å². The largest absolute Gasteiger partial charge is 0.399 e. The molecule has 1 aromatic rings. The molecule has 12 heteroatoms. The first-order chi connectivity index (χ1) is 24.2. The Hall–Kier alpha value is -3.22. The minimum Gasteiger partial charge on any atom is -0.399 e. The number of hydrogen-bond donors (Lipinski definition) is 2. The summed E-state index contributed by atoms with van der Waals surface area (Å²) < 4.78 is 12.0. The van der Waals surface area contributed by atoms with Crippen LogP contribution in [0, 0.1) is 17.8 Å². The van der Waals surface area contributed by atoms with E-state index in [0.717, 1.165) is 44.2 Å². The summed E-state index contributed by atoms with van der Waals surface area (Å²) in [5.74, 6) is -1.03. The van der Waals surface area contributed by atoms with Crippen molar-refractivity contribution < 1.29 is 28.7 Å². The lowest BCUT2D eigenvalue weighted by Gasteiger charge is -2.41. The second-order valence-electron chi connectivity index (χ2n) is 15.2. The second-order valence-corrected chi connectivity index (χ2v) is 15.2. The zero-order chi connectivity index (χ0) is 38.0. The van der Waals surface area contributed by atoms with E-state index < -0.39 is 30.2 Å². The number of nitrogens with one attached hydrogen (secondary N) is 1. The summed E-state index contributed by atoms with van der Waals surface area (Å²) in [4.78, 5) is 62.5. The fourth-order valence-corrected chi connectivity index (χ4v) is 8.02. The predicted molar refractivity (Wildman–Crippen MR) is 201 cm³/mol. The first-order valence-electron chi connectivity index (χ1n) is 18.9. The van der Waals surface area contributed by atoms with Crippen molar-refractivity contribution in [3.8, 4) is 0 Å². The molecule has 0 bridgehead atoms. The van der Waals surface area contributed by atoms with Crippen LogP contribution in [0.3, 0.4) is 0 Å². The molecule has 288 valence electrons. The summed E-state index contributed by atoms with van der Waals surface area (Å²) in [5, 5.41) is 3.06. The molecule has 0 aromatic heterocycles. The summed E-state index contributed by atoms with van der Waals surface area (Å²) >= 11 is 0. The van der Waals surface area contributed by atoms with Crippen molar-refractivity contribution in [3.63, 3.8) is 0 Å². The highest BCUT2D eigenvalue weighted by atomic mass is 16.5. The van der Waals surface area contributed by atoms with Gasteiger partial charge in [-0.2, -0.15) is 0 Å². The molecule has 0 aliphatic carbocycles. The summed E-state index contributed by atoms with van der Waals surface area (Å²) in [7, 11) is 8.69. The first kappa shape index (κ1) is 42.2. The summed E-state index contributed by atoms with van der Waals surface area (Å²) in [6.45, 7) is 11.8. The molecule has 2 saturated heterocycles. The Morgan fingerprint density at radius 1 is 1.00 bits per heavy atom. The minimum absolute atomic E-state index is 0.0165. The highest BCUT2D eigenvalue weighted by Crippen LogP contribution is 2.30. The molecule has 0 radical (unpaired) electrons. The lowest BCUT2D eigenvalue weighted by Crippen LogP contribution is -2.59. The number of carbonyl (C=O) groups is 4. The molecule has 2 fully saturated rings. The quantitative estimate of drug-likeness (QED) is 0.221. The Kier molecular flexibility index (Phi) is 16.2. The van der Waals surface area contributed by atoms with Crippen LogP contribution in [0.25, 0.3) is 0 Å². The zero-order valence-electron chi connectivity index (χ0n) is 32.9. The predicted octanol–water partition coefficient (Wildman–Crippen LogP) is 3.43. The summed E-state index contributed by atoms with van der Waals surface area (Å²) in [6.07, 6.45) is 3.72. The van der Waals surface area contributed by atoms with Gasteiger partial charge in [-0.05, 0) is 75.2 Å². The van der Waals surface area contributed by atoms with E-state index in [-0.39, 0.29) is 54.0 Å². The van der Waals surface area contributed by atoms with E-state index in [1.54, 1.807) is 38.1 Å². The third-order valence-corrected chi connectivity index (χ3v) is 11.4. The number of methoxy groups -OCH3 is 2. The number of benzene rings is 1. The smallest absolute Gasteiger partial charge is 0.245 e. The van der Waals surface area contributed by atoms with Crippen LogP contribution in [0.5, 0.6) is 0 Å². The molecule has 2 aliphatic rings. The van der Waals surface area contributed by atoms with E-state index in [9.17, 15) is 19.2 Å². The number of carbonyl (C=O) groups excluding carboxylic acids is 4. The maximum atomic E-state index is 14.2. The van der Waals surface area contributed by atoms with Crippen LogP contribution in [0.15, 0.2) is 24.3 Å². The van der Waals surface area contributed by atoms with Gasteiger partial charge in [-0.15, -0.1) is 0 Å². The average molecular weight is 715 g/mol. The SMILES string of the molecule is CC[C@H](C)[C@@H]([C@@H](CC(=O)N1CCC[C@H]1[C@H](OC)[C@@H](C)C(=O)N(C)CCc1cccc(N)c1)OC)N(C)C(=O)[C@@H](NC(=O)[C@H]1CCCN1C)C(C)C. The molecule has 2 heterocycles. The number of rotatable bonds is 18. The van der Waals surface area contributed by atoms with Crippen LogP contribution in [0.4, 0.5) is 5.69 Å². The maximum Gasteiger partial charge on any atom is 0.245 e. The van der Waals surface area contributed by atoms with Crippen LogP contribution in [-0.2, 0) is 35.1 Å². The van der Waals surface area contributed by atoms with E-state index in [1.165, 1.54) is 0 Å². The maximum absolute atomic E-state index is 14.2. The zero-order valence-corrected chi connectivity index (χ0v) is 32.9. The molecule has 0 spiro atoms. The Labute approximate surface area is 306 Å². The molecule has 0 unspecified atom stereocenters. The van der Waals surface area contributed by atoms with Gasteiger partial charge in [0, 0.05) is 47.1 Å².